The van der Waals surface area contributed by atoms with E-state index in [9.17, 15) is 9.59 Å². The van der Waals surface area contributed by atoms with Crippen LogP contribution in [0.4, 0.5) is 0 Å². The minimum absolute atomic E-state index is 0.0945. The van der Waals surface area contributed by atoms with Gasteiger partial charge in [-0.15, -0.1) is 10.2 Å². The molecular weight excluding hydrogens is 526 g/mol. The lowest BCUT2D eigenvalue weighted by Crippen LogP contribution is -2.25. The topological polar surface area (TPSA) is 98.5 Å². The van der Waals surface area contributed by atoms with Crippen LogP contribution < -0.4 is 10.1 Å². The van der Waals surface area contributed by atoms with Crippen LogP contribution in [0.25, 0.3) is 5.69 Å². The van der Waals surface area contributed by atoms with Crippen LogP contribution in [0.15, 0.2) is 77.8 Å². The molecule has 2 heterocycles. The summed E-state index contributed by atoms with van der Waals surface area (Å²) < 4.78 is 8.04. The average Bonchev–Trinajstić information content (AvgIpc) is 3.29. The van der Waals surface area contributed by atoms with Crippen LogP contribution in [-0.2, 0) is 4.79 Å². The van der Waals surface area contributed by atoms with Gasteiger partial charge in [0.15, 0.2) is 11.6 Å². The maximum absolute atomic E-state index is 12.6. The van der Waals surface area contributed by atoms with Gasteiger partial charge in [0.2, 0.25) is 5.91 Å². The van der Waals surface area contributed by atoms with Crippen molar-refractivity contribution in [2.45, 2.75) is 39.2 Å². The van der Waals surface area contributed by atoms with Gasteiger partial charge in [-0.05, 0) is 50.6 Å². The molecule has 8 nitrogen and oxygen atoms in total. The molecule has 1 aromatic heterocycles. The van der Waals surface area contributed by atoms with Crippen LogP contribution in [0.1, 0.15) is 65.4 Å². The predicted octanol–water partition coefficient (Wildman–Crippen LogP) is 5.69. The molecule has 1 N–H and O–H groups in total. The number of amides is 1. The lowest BCUT2D eigenvalue weighted by atomic mass is 10.00. The summed E-state index contributed by atoms with van der Waals surface area (Å²) in [5.74, 6) is 1.93. The first-order valence-corrected chi connectivity index (χ1v) is 13.7. The molecule has 0 spiro atoms. The monoisotopic (exact) mass is 555 g/mol. The highest BCUT2D eigenvalue weighted by Crippen LogP contribution is 2.34. The Morgan fingerprint density at radius 1 is 1.02 bits per heavy atom. The molecule has 3 aromatic carbocycles. The number of nitrogens with zero attached hydrogens (tertiary/aromatic N) is 4. The van der Waals surface area contributed by atoms with E-state index in [2.05, 4.69) is 15.5 Å². The normalized spacial score (nSPS) is 14.0. The number of hydrogen-bond acceptors (Lipinski definition) is 6. The van der Waals surface area contributed by atoms with Gasteiger partial charge in [-0.25, -0.2) is 0 Å². The van der Waals surface area contributed by atoms with Crippen molar-refractivity contribution in [2.24, 2.45) is 4.99 Å². The van der Waals surface area contributed by atoms with Crippen molar-refractivity contribution in [1.29, 1.82) is 0 Å². The molecule has 1 aliphatic rings. The Labute approximate surface area is 238 Å². The van der Waals surface area contributed by atoms with Crippen molar-refractivity contribution in [2.75, 3.05) is 13.2 Å². The van der Waals surface area contributed by atoms with Crippen molar-refractivity contribution in [1.82, 2.24) is 20.1 Å². The Morgan fingerprint density at radius 3 is 2.55 bits per heavy atom. The first-order chi connectivity index (χ1) is 19.4. The molecular formula is C31H30ClN5O3. The fraction of sp³-hybridized carbons (Fsp3) is 0.258. The highest BCUT2D eigenvalue weighted by molar-refractivity contribution is 6.30. The number of nitrogens with one attached hydrogen (secondary N) is 1. The Bertz CT molecular complexity index is 1550. The third kappa shape index (κ3) is 5.97. The lowest BCUT2D eigenvalue weighted by molar-refractivity contribution is -0.121. The zero-order valence-electron chi connectivity index (χ0n) is 22.4. The summed E-state index contributed by atoms with van der Waals surface area (Å²) >= 11 is 6.19. The third-order valence-corrected chi connectivity index (χ3v) is 6.93. The number of halogens is 1. The molecule has 0 unspecified atom stereocenters. The highest BCUT2D eigenvalue weighted by atomic mass is 35.5. The lowest BCUT2D eigenvalue weighted by Gasteiger charge is -2.15. The first-order valence-electron chi connectivity index (χ1n) is 13.3. The highest BCUT2D eigenvalue weighted by Gasteiger charge is 2.30. The molecule has 5 rings (SSSR count). The summed E-state index contributed by atoms with van der Waals surface area (Å²) in [6.45, 7) is 4.68. The average molecular weight is 556 g/mol. The maximum Gasteiger partial charge on any atom is 0.222 e. The van der Waals surface area contributed by atoms with Gasteiger partial charge in [0.1, 0.15) is 17.6 Å². The number of benzene rings is 3. The van der Waals surface area contributed by atoms with Gasteiger partial charge in [0, 0.05) is 34.7 Å². The maximum atomic E-state index is 12.6. The number of aliphatic imine (C=N–C) groups is 1. The number of carbonyl (C=O) groups excluding carboxylic acids is 2. The van der Waals surface area contributed by atoms with Crippen LogP contribution in [0, 0.1) is 6.92 Å². The molecule has 0 saturated heterocycles. The molecule has 1 aliphatic heterocycles. The van der Waals surface area contributed by atoms with Crippen molar-refractivity contribution < 1.29 is 14.3 Å². The van der Waals surface area contributed by atoms with Gasteiger partial charge in [-0.3, -0.25) is 19.1 Å². The summed E-state index contributed by atoms with van der Waals surface area (Å²) in [6.07, 6.45) is 1.12. The number of carbonyl (C=O) groups is 2. The van der Waals surface area contributed by atoms with E-state index in [4.69, 9.17) is 21.3 Å². The van der Waals surface area contributed by atoms with Crippen molar-refractivity contribution in [3.05, 3.63) is 106 Å². The summed E-state index contributed by atoms with van der Waals surface area (Å²) in [5, 5.41) is 12.2. The van der Waals surface area contributed by atoms with Crippen LogP contribution >= 0.6 is 11.6 Å². The second-order valence-electron chi connectivity index (χ2n) is 9.52. The third-order valence-electron chi connectivity index (χ3n) is 6.68. The minimum atomic E-state index is -0.542. The summed E-state index contributed by atoms with van der Waals surface area (Å²) in [4.78, 5) is 30.2. The number of Topliss-reactive ketones (excluding diaryl/α,β-unsaturated/α-hetero) is 1. The number of aryl methyl sites for hydroxylation is 1. The van der Waals surface area contributed by atoms with Crippen LogP contribution in [0.5, 0.6) is 5.75 Å². The number of ketones is 1. The molecule has 0 fully saturated rings. The molecule has 9 heteroatoms. The fourth-order valence-electron chi connectivity index (χ4n) is 4.78. The molecule has 4 aromatic rings. The molecule has 0 radical (unpaired) electrons. The zero-order valence-corrected chi connectivity index (χ0v) is 23.2. The largest absolute Gasteiger partial charge is 0.494 e. The Hall–Kier alpha value is -4.30. The second-order valence-corrected chi connectivity index (χ2v) is 9.96. The molecule has 40 heavy (non-hydrogen) atoms. The molecule has 0 saturated carbocycles. The van der Waals surface area contributed by atoms with Crippen molar-refractivity contribution in [3.8, 4) is 11.4 Å². The fourth-order valence-corrected chi connectivity index (χ4v) is 4.90. The summed E-state index contributed by atoms with van der Waals surface area (Å²) in [6, 6.07) is 22.0. The molecule has 1 atom stereocenters. The van der Waals surface area contributed by atoms with Gasteiger partial charge in [0.25, 0.3) is 0 Å². The minimum Gasteiger partial charge on any atom is -0.494 e. The van der Waals surface area contributed by atoms with E-state index in [1.807, 2.05) is 91.2 Å². The van der Waals surface area contributed by atoms with Gasteiger partial charge in [0.05, 0.1) is 24.4 Å². The van der Waals surface area contributed by atoms with E-state index in [0.717, 1.165) is 16.8 Å². The number of hydrogen-bond donors (Lipinski definition) is 1. The van der Waals surface area contributed by atoms with Gasteiger partial charge < -0.3 is 10.1 Å². The number of rotatable bonds is 10. The van der Waals surface area contributed by atoms with Gasteiger partial charge in [-0.1, -0.05) is 54.1 Å². The summed E-state index contributed by atoms with van der Waals surface area (Å²) in [7, 11) is 0. The van der Waals surface area contributed by atoms with E-state index >= 15 is 0 Å². The second kappa shape index (κ2) is 12.3. The van der Waals surface area contributed by atoms with E-state index in [0.29, 0.717) is 59.7 Å². The smallest absolute Gasteiger partial charge is 0.222 e. The van der Waals surface area contributed by atoms with Gasteiger partial charge in [-0.2, -0.15) is 0 Å². The quantitative estimate of drug-likeness (QED) is 0.200. The molecule has 0 bridgehead atoms. The number of fused-ring (bicyclic) bond motifs is 3. The number of aromatic nitrogens is 3. The zero-order chi connectivity index (χ0) is 28.1. The van der Waals surface area contributed by atoms with Crippen LogP contribution in [0.2, 0.25) is 5.02 Å². The SMILES string of the molecule is CCNC(=O)C[C@@H]1N=C(c2ccc(Cl)cc2)c2cc(OCCCC(=O)c3ccccc3)ccc2-n2c(C)nnc21. The number of ether oxygens (including phenoxy) is 1. The van der Waals surface area contributed by atoms with Crippen molar-refractivity contribution in [3.63, 3.8) is 0 Å². The standard InChI is InChI=1S/C31H30ClN5O3/c1-3-33-29(39)19-26-31-36-35-20(2)37(31)27-16-15-24(40-17-7-10-28(38)21-8-5-4-6-9-21)18-25(27)30(34-26)22-11-13-23(32)14-12-22/h4-6,8-9,11-16,18,26H,3,7,10,17,19H2,1-2H3,(H,33,39)/t26-/m0/s1. The summed E-state index contributed by atoms with van der Waals surface area (Å²) in [5.41, 5.74) is 3.93. The predicted molar refractivity (Wildman–Crippen MR) is 155 cm³/mol. The molecule has 204 valence electrons. The Balaban J connectivity index is 1.47. The molecule has 0 aliphatic carbocycles. The van der Waals surface area contributed by atoms with Crippen molar-refractivity contribution >= 4 is 29.0 Å². The van der Waals surface area contributed by atoms with E-state index < -0.39 is 6.04 Å². The van der Waals surface area contributed by atoms with E-state index in [1.54, 1.807) is 0 Å². The Morgan fingerprint density at radius 2 is 1.80 bits per heavy atom. The van der Waals surface area contributed by atoms with E-state index in [1.165, 1.54) is 0 Å². The van der Waals surface area contributed by atoms with E-state index in [-0.39, 0.29) is 18.1 Å². The van der Waals surface area contributed by atoms with Crippen LogP contribution in [-0.4, -0.2) is 45.3 Å². The molecule has 1 amide bonds. The first kappa shape index (κ1) is 27.3. The van der Waals surface area contributed by atoms with Crippen LogP contribution in [0.3, 0.4) is 0 Å². The van der Waals surface area contributed by atoms with Gasteiger partial charge >= 0.3 is 0 Å². The Kier molecular flexibility index (Phi) is 8.36.